The summed E-state index contributed by atoms with van der Waals surface area (Å²) in [5.74, 6) is 0.382. The number of furan rings is 1. The lowest BCUT2D eigenvalue weighted by Gasteiger charge is -2.20. The molecule has 0 atom stereocenters. The van der Waals surface area contributed by atoms with Crippen LogP contribution >= 0.6 is 0 Å². The monoisotopic (exact) mass is 356 g/mol. The molecule has 3 aromatic heterocycles. The topological polar surface area (TPSA) is 38.9 Å². The predicted molar refractivity (Wildman–Crippen MR) is 110 cm³/mol. The number of pyridine rings is 2. The van der Waals surface area contributed by atoms with Crippen LogP contribution in [-0.4, -0.2) is 9.97 Å². The van der Waals surface area contributed by atoms with E-state index in [0.717, 1.165) is 51.9 Å². The van der Waals surface area contributed by atoms with Crippen LogP contribution in [0.1, 0.15) is 55.0 Å². The van der Waals surface area contributed by atoms with Gasteiger partial charge in [0.2, 0.25) is 5.71 Å². The highest BCUT2D eigenvalue weighted by Crippen LogP contribution is 2.38. The lowest BCUT2D eigenvalue weighted by atomic mass is 9.86. The van der Waals surface area contributed by atoms with Crippen molar-refractivity contribution < 1.29 is 4.42 Å². The van der Waals surface area contributed by atoms with Crippen LogP contribution in [0.25, 0.3) is 33.3 Å². The smallest absolute Gasteiger partial charge is 0.227 e. The molecule has 5 rings (SSSR count). The summed E-state index contributed by atoms with van der Waals surface area (Å²) in [6, 6.07) is 10.6. The lowest BCUT2D eigenvalue weighted by Crippen LogP contribution is -2.08. The number of hydrogen-bond acceptors (Lipinski definition) is 3. The molecule has 3 heteroatoms. The normalized spacial score (nSPS) is 14.2. The van der Waals surface area contributed by atoms with E-state index in [0.29, 0.717) is 5.92 Å². The van der Waals surface area contributed by atoms with Crippen LogP contribution in [0.5, 0.6) is 0 Å². The second-order valence-corrected chi connectivity index (χ2v) is 7.98. The molecule has 1 aliphatic carbocycles. The van der Waals surface area contributed by atoms with E-state index >= 15 is 0 Å². The summed E-state index contributed by atoms with van der Waals surface area (Å²) in [5, 5.41) is 2.20. The van der Waals surface area contributed by atoms with Crippen LogP contribution in [0.15, 0.2) is 40.9 Å². The number of rotatable bonds is 2. The number of nitrogens with zero attached hydrogens (tertiary/aromatic N) is 2. The molecule has 4 aromatic rings. The Bertz CT molecular complexity index is 1170. The molecule has 1 aliphatic rings. The Kier molecular flexibility index (Phi) is 3.78. The molecule has 3 heterocycles. The van der Waals surface area contributed by atoms with Crippen molar-refractivity contribution in [1.82, 2.24) is 9.97 Å². The van der Waals surface area contributed by atoms with Crippen molar-refractivity contribution in [3.05, 3.63) is 58.9 Å². The van der Waals surface area contributed by atoms with Crippen LogP contribution in [0, 0.1) is 6.92 Å². The standard InChI is InChI=1S/C24H24N2O/c1-14(2)21-12-11-19-18-9-6-10-20(23(18)27-24(19)26-21)22-17-8-5-4-7-16(17)15(3)13-25-22/h6,9-14H,4-5,7-8H2,1-3H3. The SMILES string of the molecule is Cc1cnc(-c2cccc3c2oc2nc(C(C)C)ccc23)c2c1CCCC2. The van der Waals surface area contributed by atoms with Crippen LogP contribution in [0.2, 0.25) is 0 Å². The van der Waals surface area contributed by atoms with Gasteiger partial charge in [0.15, 0.2) is 0 Å². The zero-order chi connectivity index (χ0) is 18.5. The van der Waals surface area contributed by atoms with Crippen molar-refractivity contribution in [2.45, 2.75) is 52.4 Å². The maximum absolute atomic E-state index is 6.30. The molecule has 0 bridgehead atoms. The Morgan fingerprint density at radius 2 is 1.78 bits per heavy atom. The highest BCUT2D eigenvalue weighted by Gasteiger charge is 2.21. The molecule has 0 fully saturated rings. The van der Waals surface area contributed by atoms with Crippen LogP contribution in [-0.2, 0) is 12.8 Å². The molecule has 3 nitrogen and oxygen atoms in total. The molecule has 136 valence electrons. The van der Waals surface area contributed by atoms with Gasteiger partial charge in [0.1, 0.15) is 5.58 Å². The van der Waals surface area contributed by atoms with E-state index in [2.05, 4.69) is 51.1 Å². The van der Waals surface area contributed by atoms with E-state index in [1.807, 2.05) is 6.20 Å². The summed E-state index contributed by atoms with van der Waals surface area (Å²) in [6.07, 6.45) is 6.79. The number of para-hydroxylation sites is 1. The zero-order valence-corrected chi connectivity index (χ0v) is 16.2. The van der Waals surface area contributed by atoms with Gasteiger partial charge in [0.05, 0.1) is 5.69 Å². The van der Waals surface area contributed by atoms with Gasteiger partial charge in [-0.05, 0) is 73.4 Å². The first-order valence-electron chi connectivity index (χ1n) is 9.93. The molecule has 1 aromatic carbocycles. The number of fused-ring (bicyclic) bond motifs is 4. The van der Waals surface area contributed by atoms with E-state index in [-0.39, 0.29) is 0 Å². The predicted octanol–water partition coefficient (Wildman–Crippen LogP) is 6.35. The molecule has 0 unspecified atom stereocenters. The molecule has 0 saturated carbocycles. The van der Waals surface area contributed by atoms with Gasteiger partial charge in [-0.1, -0.05) is 26.0 Å². The average Bonchev–Trinajstić information content (AvgIpc) is 3.06. The third kappa shape index (κ3) is 2.56. The van der Waals surface area contributed by atoms with Gasteiger partial charge >= 0.3 is 0 Å². The number of benzene rings is 1. The minimum Gasteiger partial charge on any atom is -0.437 e. The van der Waals surface area contributed by atoms with Gasteiger partial charge in [0.25, 0.3) is 0 Å². The largest absolute Gasteiger partial charge is 0.437 e. The molecule has 0 aliphatic heterocycles. The fourth-order valence-corrected chi connectivity index (χ4v) is 4.35. The first-order chi connectivity index (χ1) is 13.1. The fraction of sp³-hybridized carbons (Fsp3) is 0.333. The quantitative estimate of drug-likeness (QED) is 0.420. The van der Waals surface area contributed by atoms with E-state index in [1.54, 1.807) is 0 Å². The van der Waals surface area contributed by atoms with E-state index < -0.39 is 0 Å². The first-order valence-corrected chi connectivity index (χ1v) is 9.93. The average molecular weight is 356 g/mol. The molecule has 27 heavy (non-hydrogen) atoms. The maximum Gasteiger partial charge on any atom is 0.227 e. The summed E-state index contributed by atoms with van der Waals surface area (Å²) >= 11 is 0. The van der Waals surface area contributed by atoms with Gasteiger partial charge in [-0.2, -0.15) is 0 Å². The zero-order valence-electron chi connectivity index (χ0n) is 16.2. The lowest BCUT2D eigenvalue weighted by molar-refractivity contribution is 0.647. The van der Waals surface area contributed by atoms with Crippen molar-refractivity contribution in [2.75, 3.05) is 0 Å². The second-order valence-electron chi connectivity index (χ2n) is 7.98. The van der Waals surface area contributed by atoms with Gasteiger partial charge in [-0.25, -0.2) is 4.98 Å². The number of aromatic nitrogens is 2. The molecule has 0 amide bonds. The van der Waals surface area contributed by atoms with Crippen LogP contribution < -0.4 is 0 Å². The van der Waals surface area contributed by atoms with E-state index in [1.165, 1.54) is 29.5 Å². The summed E-state index contributed by atoms with van der Waals surface area (Å²) in [7, 11) is 0. The molecule has 0 spiro atoms. The van der Waals surface area contributed by atoms with E-state index in [9.17, 15) is 0 Å². The Morgan fingerprint density at radius 3 is 2.59 bits per heavy atom. The minimum absolute atomic E-state index is 0.382. The third-order valence-electron chi connectivity index (χ3n) is 5.85. The summed E-state index contributed by atoms with van der Waals surface area (Å²) in [4.78, 5) is 9.61. The first kappa shape index (κ1) is 16.5. The van der Waals surface area contributed by atoms with Gasteiger partial charge in [0, 0.05) is 28.2 Å². The summed E-state index contributed by atoms with van der Waals surface area (Å²) in [6.45, 7) is 6.50. The minimum atomic E-state index is 0.382. The maximum atomic E-state index is 6.30. The third-order valence-corrected chi connectivity index (χ3v) is 5.85. The van der Waals surface area contributed by atoms with E-state index in [4.69, 9.17) is 14.4 Å². The van der Waals surface area contributed by atoms with Crippen LogP contribution in [0.4, 0.5) is 0 Å². The van der Waals surface area contributed by atoms with Crippen LogP contribution in [0.3, 0.4) is 0 Å². The highest BCUT2D eigenvalue weighted by atomic mass is 16.3. The fourth-order valence-electron chi connectivity index (χ4n) is 4.35. The summed E-state index contributed by atoms with van der Waals surface area (Å²) in [5.41, 5.74) is 9.08. The van der Waals surface area contributed by atoms with Gasteiger partial charge < -0.3 is 4.42 Å². The number of aryl methyl sites for hydroxylation is 1. The van der Waals surface area contributed by atoms with Crippen molar-refractivity contribution in [2.24, 2.45) is 0 Å². The Labute approximate surface area is 159 Å². The highest BCUT2D eigenvalue weighted by molar-refractivity contribution is 6.08. The molecular formula is C24H24N2O. The van der Waals surface area contributed by atoms with Gasteiger partial charge in [-0.3, -0.25) is 4.98 Å². The Hall–Kier alpha value is -2.68. The molecule has 0 radical (unpaired) electrons. The Balaban J connectivity index is 1.78. The molecule has 0 saturated heterocycles. The number of hydrogen-bond donors (Lipinski definition) is 0. The van der Waals surface area contributed by atoms with Crippen molar-refractivity contribution >= 4 is 22.1 Å². The Morgan fingerprint density at radius 1 is 0.963 bits per heavy atom. The van der Waals surface area contributed by atoms with Crippen molar-refractivity contribution in [3.63, 3.8) is 0 Å². The second kappa shape index (κ2) is 6.19. The molecular weight excluding hydrogens is 332 g/mol. The van der Waals surface area contributed by atoms with Crippen molar-refractivity contribution in [1.29, 1.82) is 0 Å². The van der Waals surface area contributed by atoms with Gasteiger partial charge in [-0.15, -0.1) is 0 Å². The van der Waals surface area contributed by atoms with Crippen molar-refractivity contribution in [3.8, 4) is 11.3 Å². The molecule has 0 N–H and O–H groups in total. The summed E-state index contributed by atoms with van der Waals surface area (Å²) < 4.78 is 6.30.